The first-order chi connectivity index (χ1) is 7.79. The lowest BCUT2D eigenvalue weighted by Gasteiger charge is -2.21. The SMILES string of the molecule is CCCN(CCO)C(=O)C1C2CCCCC21. The van der Waals surface area contributed by atoms with Crippen LogP contribution in [0, 0.1) is 17.8 Å². The molecule has 0 aromatic rings. The average molecular weight is 225 g/mol. The number of aliphatic hydroxyl groups excluding tert-OH is 1. The van der Waals surface area contributed by atoms with Crippen LogP contribution < -0.4 is 0 Å². The normalized spacial score (nSPS) is 32.0. The molecule has 0 aromatic carbocycles. The van der Waals surface area contributed by atoms with Gasteiger partial charge in [0.25, 0.3) is 0 Å². The lowest BCUT2D eigenvalue weighted by atomic mass is 10.0. The number of hydrogen-bond donors (Lipinski definition) is 1. The number of fused-ring (bicyclic) bond motifs is 1. The first-order valence-electron chi connectivity index (χ1n) is 6.69. The van der Waals surface area contributed by atoms with E-state index in [1.165, 1.54) is 25.7 Å². The van der Waals surface area contributed by atoms with Gasteiger partial charge in [0.1, 0.15) is 0 Å². The van der Waals surface area contributed by atoms with E-state index >= 15 is 0 Å². The smallest absolute Gasteiger partial charge is 0.226 e. The van der Waals surface area contributed by atoms with Crippen LogP contribution in [0.2, 0.25) is 0 Å². The van der Waals surface area contributed by atoms with E-state index in [-0.39, 0.29) is 6.61 Å². The Hall–Kier alpha value is -0.570. The summed E-state index contributed by atoms with van der Waals surface area (Å²) in [4.78, 5) is 14.1. The Kier molecular flexibility index (Phi) is 3.85. The van der Waals surface area contributed by atoms with Gasteiger partial charge < -0.3 is 10.0 Å². The highest BCUT2D eigenvalue weighted by atomic mass is 16.3. The lowest BCUT2D eigenvalue weighted by molar-refractivity contribution is -0.133. The Bertz CT molecular complexity index is 232. The van der Waals surface area contributed by atoms with Crippen molar-refractivity contribution in [2.45, 2.75) is 39.0 Å². The first kappa shape index (κ1) is 11.9. The second-order valence-electron chi connectivity index (χ2n) is 5.19. The van der Waals surface area contributed by atoms with Gasteiger partial charge in [-0.05, 0) is 31.1 Å². The topological polar surface area (TPSA) is 40.5 Å². The molecule has 2 atom stereocenters. The summed E-state index contributed by atoms with van der Waals surface area (Å²) in [5.41, 5.74) is 0. The highest BCUT2D eigenvalue weighted by Crippen LogP contribution is 2.56. The maximum absolute atomic E-state index is 12.3. The highest BCUT2D eigenvalue weighted by Gasteiger charge is 2.55. The summed E-state index contributed by atoms with van der Waals surface area (Å²) < 4.78 is 0. The van der Waals surface area contributed by atoms with Crippen LogP contribution in [-0.4, -0.2) is 35.6 Å². The van der Waals surface area contributed by atoms with Crippen molar-refractivity contribution in [1.29, 1.82) is 0 Å². The van der Waals surface area contributed by atoms with Crippen LogP contribution in [0.15, 0.2) is 0 Å². The van der Waals surface area contributed by atoms with Crippen molar-refractivity contribution in [3.8, 4) is 0 Å². The van der Waals surface area contributed by atoms with Gasteiger partial charge in [0.2, 0.25) is 5.91 Å². The molecule has 1 amide bonds. The van der Waals surface area contributed by atoms with Crippen LogP contribution in [0.3, 0.4) is 0 Å². The fraction of sp³-hybridized carbons (Fsp3) is 0.923. The van der Waals surface area contributed by atoms with Gasteiger partial charge in [-0.15, -0.1) is 0 Å². The van der Waals surface area contributed by atoms with Crippen molar-refractivity contribution in [3.63, 3.8) is 0 Å². The maximum atomic E-state index is 12.3. The number of carbonyl (C=O) groups excluding carboxylic acids is 1. The molecule has 2 rings (SSSR count). The molecule has 3 heteroatoms. The lowest BCUT2D eigenvalue weighted by Crippen LogP contribution is -2.36. The molecule has 0 spiro atoms. The molecule has 0 radical (unpaired) electrons. The van der Waals surface area contributed by atoms with Crippen LogP contribution >= 0.6 is 0 Å². The third-order valence-electron chi connectivity index (χ3n) is 4.12. The van der Waals surface area contributed by atoms with E-state index in [4.69, 9.17) is 5.11 Å². The summed E-state index contributed by atoms with van der Waals surface area (Å²) in [6.45, 7) is 3.49. The van der Waals surface area contributed by atoms with E-state index in [1.54, 1.807) is 0 Å². The van der Waals surface area contributed by atoms with Gasteiger partial charge in [0.15, 0.2) is 0 Å². The van der Waals surface area contributed by atoms with Crippen molar-refractivity contribution in [2.75, 3.05) is 19.7 Å². The molecule has 0 aliphatic heterocycles. The van der Waals surface area contributed by atoms with Crippen molar-refractivity contribution in [1.82, 2.24) is 4.90 Å². The number of rotatable bonds is 5. The van der Waals surface area contributed by atoms with E-state index in [0.717, 1.165) is 13.0 Å². The molecule has 2 saturated carbocycles. The number of hydrogen-bond acceptors (Lipinski definition) is 2. The zero-order valence-corrected chi connectivity index (χ0v) is 10.2. The minimum Gasteiger partial charge on any atom is -0.395 e. The van der Waals surface area contributed by atoms with E-state index in [9.17, 15) is 4.79 Å². The molecule has 2 unspecified atom stereocenters. The van der Waals surface area contributed by atoms with E-state index < -0.39 is 0 Å². The predicted octanol–water partition coefficient (Wildman–Crippen LogP) is 1.65. The van der Waals surface area contributed by atoms with Gasteiger partial charge in [-0.2, -0.15) is 0 Å². The fourth-order valence-electron chi connectivity index (χ4n) is 3.29. The molecule has 3 nitrogen and oxygen atoms in total. The third kappa shape index (κ3) is 2.24. The minimum absolute atomic E-state index is 0.0911. The average Bonchev–Trinajstić information content (AvgIpc) is 3.02. The Morgan fingerprint density at radius 3 is 2.38 bits per heavy atom. The van der Waals surface area contributed by atoms with Crippen LogP contribution in [0.4, 0.5) is 0 Å². The zero-order valence-electron chi connectivity index (χ0n) is 10.2. The third-order valence-corrected chi connectivity index (χ3v) is 4.12. The summed E-state index contributed by atoms with van der Waals surface area (Å²) in [5.74, 6) is 1.98. The summed E-state index contributed by atoms with van der Waals surface area (Å²) in [5, 5.41) is 8.98. The van der Waals surface area contributed by atoms with E-state index in [2.05, 4.69) is 6.92 Å². The summed E-state index contributed by atoms with van der Waals surface area (Å²) in [6.07, 6.45) is 6.09. The number of nitrogens with zero attached hydrogens (tertiary/aromatic N) is 1. The monoisotopic (exact) mass is 225 g/mol. The van der Waals surface area contributed by atoms with Gasteiger partial charge in [0, 0.05) is 19.0 Å². The molecule has 0 aromatic heterocycles. The van der Waals surface area contributed by atoms with Gasteiger partial charge >= 0.3 is 0 Å². The summed E-state index contributed by atoms with van der Waals surface area (Å²) in [6, 6.07) is 0. The van der Waals surface area contributed by atoms with Crippen molar-refractivity contribution in [3.05, 3.63) is 0 Å². The van der Waals surface area contributed by atoms with Gasteiger partial charge in [0.05, 0.1) is 6.61 Å². The Balaban J connectivity index is 1.90. The fourth-order valence-corrected chi connectivity index (χ4v) is 3.29. The number of amides is 1. The standard InChI is InChI=1S/C13H23NO2/c1-2-7-14(8-9-15)13(16)12-10-5-3-4-6-11(10)12/h10-12,15H,2-9H2,1H3. The van der Waals surface area contributed by atoms with Gasteiger partial charge in [-0.1, -0.05) is 19.8 Å². The summed E-state index contributed by atoms with van der Waals surface area (Å²) >= 11 is 0. The molecular weight excluding hydrogens is 202 g/mol. The van der Waals surface area contributed by atoms with Crippen molar-refractivity contribution < 1.29 is 9.90 Å². The van der Waals surface area contributed by atoms with E-state index in [1.807, 2.05) is 4.90 Å². The quantitative estimate of drug-likeness (QED) is 0.773. The number of aliphatic hydroxyl groups is 1. The molecule has 16 heavy (non-hydrogen) atoms. The summed E-state index contributed by atoms with van der Waals surface area (Å²) in [7, 11) is 0. The van der Waals surface area contributed by atoms with Crippen LogP contribution in [0.25, 0.3) is 0 Å². The predicted molar refractivity (Wildman–Crippen MR) is 62.9 cm³/mol. The van der Waals surface area contributed by atoms with E-state index in [0.29, 0.717) is 30.2 Å². The van der Waals surface area contributed by atoms with Crippen molar-refractivity contribution >= 4 is 5.91 Å². The van der Waals surface area contributed by atoms with Gasteiger partial charge in [-0.3, -0.25) is 4.79 Å². The van der Waals surface area contributed by atoms with Crippen molar-refractivity contribution in [2.24, 2.45) is 17.8 Å². The second kappa shape index (κ2) is 5.17. The molecule has 92 valence electrons. The van der Waals surface area contributed by atoms with Crippen LogP contribution in [-0.2, 0) is 4.79 Å². The molecule has 1 N–H and O–H groups in total. The maximum Gasteiger partial charge on any atom is 0.226 e. The molecule has 2 aliphatic carbocycles. The molecule has 0 bridgehead atoms. The molecule has 2 fully saturated rings. The van der Waals surface area contributed by atoms with Crippen LogP contribution in [0.1, 0.15) is 39.0 Å². The van der Waals surface area contributed by atoms with Crippen LogP contribution in [0.5, 0.6) is 0 Å². The Morgan fingerprint density at radius 2 is 1.88 bits per heavy atom. The highest BCUT2D eigenvalue weighted by molar-refractivity contribution is 5.82. The first-order valence-corrected chi connectivity index (χ1v) is 6.69. The molecule has 0 saturated heterocycles. The second-order valence-corrected chi connectivity index (χ2v) is 5.19. The molecular formula is C13H23NO2. The Morgan fingerprint density at radius 1 is 1.25 bits per heavy atom. The van der Waals surface area contributed by atoms with Gasteiger partial charge in [-0.25, -0.2) is 0 Å². The zero-order chi connectivity index (χ0) is 11.5. The largest absolute Gasteiger partial charge is 0.395 e. The Labute approximate surface area is 97.8 Å². The number of carbonyl (C=O) groups is 1. The minimum atomic E-state index is 0.0911. The molecule has 2 aliphatic rings. The molecule has 0 heterocycles.